The first-order valence-electron chi connectivity index (χ1n) is 4.04. The van der Waals surface area contributed by atoms with E-state index in [9.17, 15) is 21.6 Å². The number of hydrogen-bond donors (Lipinski definition) is 2. The molecule has 0 spiro atoms. The summed E-state index contributed by atoms with van der Waals surface area (Å²) >= 11 is 0. The van der Waals surface area contributed by atoms with Crippen LogP contribution in [0.1, 0.15) is 5.69 Å². The molecule has 1 rings (SSSR count). The lowest BCUT2D eigenvalue weighted by atomic mass is 10.3. The fourth-order valence-electron chi connectivity index (χ4n) is 0.989. The summed E-state index contributed by atoms with van der Waals surface area (Å²) in [5, 5.41) is 13.2. The van der Waals surface area contributed by atoms with Gasteiger partial charge in [-0.3, -0.25) is 0 Å². The number of primary sulfonamides is 1. The summed E-state index contributed by atoms with van der Waals surface area (Å²) < 4.78 is 61.5. The first kappa shape index (κ1) is 14.0. The number of rotatable bonds is 2. The quantitative estimate of drug-likeness (QED) is 0.789. The molecule has 7 nitrogen and oxygen atoms in total. The topological polar surface area (TPSA) is 132 Å². The zero-order chi connectivity index (χ0) is 14.1. The zero-order valence-electron chi connectivity index (χ0n) is 8.39. The number of hydrogen-bond acceptors (Lipinski definition) is 6. The van der Waals surface area contributed by atoms with Crippen LogP contribution >= 0.6 is 0 Å². The van der Waals surface area contributed by atoms with Crippen molar-refractivity contribution in [3.8, 4) is 11.9 Å². The van der Waals surface area contributed by atoms with E-state index in [0.717, 1.165) is 0 Å². The predicted octanol–water partition coefficient (Wildman–Crippen LogP) is 0.0815. The minimum atomic E-state index is -5.13. The maximum atomic E-state index is 12.0. The lowest BCUT2D eigenvalue weighted by Crippen LogP contribution is -2.21. The molecule has 0 radical (unpaired) electrons. The fraction of sp³-hybridized carbons (Fsp3) is 0.143. The fourth-order valence-corrected chi connectivity index (χ4v) is 1.66. The number of nitrogens with zero attached hydrogens (tertiary/aromatic N) is 2. The van der Waals surface area contributed by atoms with E-state index in [-0.39, 0.29) is 0 Å². The molecule has 0 fully saturated rings. The van der Waals surface area contributed by atoms with E-state index in [4.69, 9.17) is 16.1 Å². The van der Waals surface area contributed by atoms with Crippen LogP contribution < -0.4 is 15.6 Å². The summed E-state index contributed by atoms with van der Waals surface area (Å²) in [6.07, 6.45) is -5.13. The Kier molecular flexibility index (Phi) is 3.36. The molecule has 0 atom stereocenters. The Hall–Kier alpha value is -2.06. The number of anilines is 1. The molecule has 0 amide bonds. The number of nitriles is 1. The third-order valence-electron chi connectivity index (χ3n) is 1.62. The highest BCUT2D eigenvalue weighted by Crippen LogP contribution is 2.31. The Morgan fingerprint density at radius 1 is 1.44 bits per heavy atom. The second-order valence-electron chi connectivity index (χ2n) is 2.93. The van der Waals surface area contributed by atoms with Gasteiger partial charge in [0.05, 0.1) is 0 Å². The number of sulfonamides is 1. The van der Waals surface area contributed by atoms with Crippen molar-refractivity contribution in [2.75, 3.05) is 5.73 Å². The number of nitrogen functional groups attached to an aromatic ring is 1. The van der Waals surface area contributed by atoms with Gasteiger partial charge in [-0.2, -0.15) is 5.26 Å². The van der Waals surface area contributed by atoms with E-state index in [0.29, 0.717) is 6.07 Å². The number of ether oxygens (including phenoxy) is 1. The summed E-state index contributed by atoms with van der Waals surface area (Å²) in [6, 6.07) is 2.01. The Morgan fingerprint density at radius 3 is 2.39 bits per heavy atom. The number of pyridine rings is 1. The highest BCUT2D eigenvalue weighted by atomic mass is 32.2. The van der Waals surface area contributed by atoms with Crippen LogP contribution in [-0.2, 0) is 10.0 Å². The van der Waals surface area contributed by atoms with Crippen molar-refractivity contribution in [1.29, 1.82) is 5.26 Å². The van der Waals surface area contributed by atoms with Gasteiger partial charge in [-0.15, -0.1) is 13.2 Å². The van der Waals surface area contributed by atoms with Gasteiger partial charge in [0.1, 0.15) is 22.3 Å². The zero-order valence-corrected chi connectivity index (χ0v) is 9.21. The maximum absolute atomic E-state index is 12.0. The van der Waals surface area contributed by atoms with Gasteiger partial charge < -0.3 is 10.5 Å². The monoisotopic (exact) mass is 282 g/mol. The third-order valence-corrected chi connectivity index (χ3v) is 2.57. The molecule has 4 N–H and O–H groups in total. The molecule has 0 saturated carbocycles. The van der Waals surface area contributed by atoms with Crippen LogP contribution in [0.2, 0.25) is 0 Å². The summed E-state index contributed by atoms with van der Waals surface area (Å²) in [5.41, 5.74) is 3.59. The molecular weight excluding hydrogens is 277 g/mol. The molecule has 1 aromatic rings. The van der Waals surface area contributed by atoms with Gasteiger partial charge in [0.15, 0.2) is 0 Å². The number of nitrogens with two attached hydrogens (primary N) is 2. The summed E-state index contributed by atoms with van der Waals surface area (Å²) in [7, 11) is -4.41. The van der Waals surface area contributed by atoms with Gasteiger partial charge in [-0.1, -0.05) is 0 Å². The molecule has 11 heteroatoms. The standard InChI is InChI=1S/C7H5F3N4O3S/c8-7(9,10)17-6-5(12)4(18(13,15)16)1-3(2-11)14-6/h1H,12H2,(H2,13,15,16). The van der Waals surface area contributed by atoms with Crippen molar-refractivity contribution >= 4 is 15.7 Å². The summed E-state index contributed by atoms with van der Waals surface area (Å²) in [6.45, 7) is 0. The highest BCUT2D eigenvalue weighted by Gasteiger charge is 2.34. The van der Waals surface area contributed by atoms with Crippen LogP contribution in [0.15, 0.2) is 11.0 Å². The average Bonchev–Trinajstić information content (AvgIpc) is 2.17. The Balaban J connectivity index is 3.50. The Bertz CT molecular complexity index is 620. The lowest BCUT2D eigenvalue weighted by molar-refractivity contribution is -0.275. The van der Waals surface area contributed by atoms with Crippen molar-refractivity contribution < 1.29 is 26.3 Å². The van der Waals surface area contributed by atoms with Crippen LogP contribution in [0, 0.1) is 11.3 Å². The summed E-state index contributed by atoms with van der Waals surface area (Å²) in [4.78, 5) is 2.23. The number of aromatic nitrogens is 1. The van der Waals surface area contributed by atoms with E-state index in [1.165, 1.54) is 6.07 Å². The molecule has 0 aliphatic heterocycles. The van der Waals surface area contributed by atoms with Crippen LogP contribution in [0.4, 0.5) is 18.9 Å². The molecule has 0 aliphatic rings. The Labute approximate surface area is 98.8 Å². The lowest BCUT2D eigenvalue weighted by Gasteiger charge is -2.12. The minimum absolute atomic E-state index is 0.632. The van der Waals surface area contributed by atoms with Crippen LogP contribution in [0.5, 0.6) is 5.88 Å². The van der Waals surface area contributed by atoms with E-state index >= 15 is 0 Å². The van der Waals surface area contributed by atoms with Crippen LogP contribution in [0.25, 0.3) is 0 Å². The molecule has 18 heavy (non-hydrogen) atoms. The van der Waals surface area contributed by atoms with E-state index in [1.807, 2.05) is 0 Å². The minimum Gasteiger partial charge on any atom is -0.393 e. The van der Waals surface area contributed by atoms with E-state index in [1.54, 1.807) is 0 Å². The van der Waals surface area contributed by atoms with Gasteiger partial charge in [-0.05, 0) is 6.07 Å². The van der Waals surface area contributed by atoms with Gasteiger partial charge in [-0.25, -0.2) is 18.5 Å². The van der Waals surface area contributed by atoms with Crippen molar-refractivity contribution in [3.05, 3.63) is 11.8 Å². The number of halogens is 3. The van der Waals surface area contributed by atoms with Crippen LogP contribution in [-0.4, -0.2) is 19.8 Å². The van der Waals surface area contributed by atoms with Crippen molar-refractivity contribution in [2.24, 2.45) is 5.14 Å². The second kappa shape index (κ2) is 4.31. The SMILES string of the molecule is N#Cc1cc(S(N)(=O)=O)c(N)c(OC(F)(F)F)n1. The maximum Gasteiger partial charge on any atom is 0.574 e. The van der Waals surface area contributed by atoms with E-state index < -0.39 is 38.5 Å². The van der Waals surface area contributed by atoms with Crippen molar-refractivity contribution in [1.82, 2.24) is 4.98 Å². The first-order valence-corrected chi connectivity index (χ1v) is 5.58. The normalized spacial score (nSPS) is 11.9. The predicted molar refractivity (Wildman–Crippen MR) is 51.4 cm³/mol. The molecule has 0 aromatic carbocycles. The van der Waals surface area contributed by atoms with Gasteiger partial charge >= 0.3 is 6.36 Å². The van der Waals surface area contributed by atoms with Gasteiger partial charge in [0.25, 0.3) is 0 Å². The van der Waals surface area contributed by atoms with Gasteiger partial charge in [0.2, 0.25) is 15.9 Å². The van der Waals surface area contributed by atoms with E-state index in [2.05, 4.69) is 9.72 Å². The average molecular weight is 282 g/mol. The van der Waals surface area contributed by atoms with Crippen LogP contribution in [0.3, 0.4) is 0 Å². The molecule has 0 bridgehead atoms. The smallest absolute Gasteiger partial charge is 0.393 e. The molecule has 1 heterocycles. The van der Waals surface area contributed by atoms with Crippen molar-refractivity contribution in [2.45, 2.75) is 11.3 Å². The highest BCUT2D eigenvalue weighted by molar-refractivity contribution is 7.89. The largest absolute Gasteiger partial charge is 0.574 e. The summed E-state index contributed by atoms with van der Waals surface area (Å²) in [5.74, 6) is -1.24. The van der Waals surface area contributed by atoms with Crippen molar-refractivity contribution in [3.63, 3.8) is 0 Å². The molecule has 0 unspecified atom stereocenters. The molecule has 0 aliphatic carbocycles. The second-order valence-corrected chi connectivity index (χ2v) is 4.46. The first-order chi connectivity index (χ1) is 8.04. The van der Waals surface area contributed by atoms with Gasteiger partial charge in [0, 0.05) is 0 Å². The molecule has 0 saturated heterocycles. The molecule has 98 valence electrons. The third kappa shape index (κ3) is 3.22. The number of alkyl halides is 3. The molecular formula is C7H5F3N4O3S. The molecule has 1 aromatic heterocycles. The Morgan fingerprint density at radius 2 is 2.00 bits per heavy atom.